The van der Waals surface area contributed by atoms with Gasteiger partial charge in [-0.3, -0.25) is 14.4 Å². The second-order valence-electron chi connectivity index (χ2n) is 8.63. The molecule has 2 heterocycles. The average molecular weight is 470 g/mol. The van der Waals surface area contributed by atoms with E-state index in [1.807, 2.05) is 38.1 Å². The van der Waals surface area contributed by atoms with Crippen molar-refractivity contribution in [3.8, 4) is 0 Å². The number of carbonyl (C=O) groups excluding carboxylic acids is 3. The van der Waals surface area contributed by atoms with Crippen LogP contribution in [0.15, 0.2) is 30.3 Å². The summed E-state index contributed by atoms with van der Waals surface area (Å²) in [6.45, 7) is 5.88. The number of rotatable bonds is 5. The van der Waals surface area contributed by atoms with Gasteiger partial charge in [-0.05, 0) is 38.3 Å². The van der Waals surface area contributed by atoms with Crippen LogP contribution in [0.3, 0.4) is 0 Å². The molecule has 1 aliphatic heterocycles. The van der Waals surface area contributed by atoms with Gasteiger partial charge in [-0.25, -0.2) is 4.68 Å². The molecule has 0 bridgehead atoms. The topological polar surface area (TPSA) is 87.5 Å². The largest absolute Gasteiger partial charge is 0.345 e. The molecule has 8 nitrogen and oxygen atoms in total. The molecular weight excluding hydrogens is 442 g/mol. The van der Waals surface area contributed by atoms with Crippen molar-refractivity contribution < 1.29 is 14.4 Å². The van der Waals surface area contributed by atoms with Gasteiger partial charge in [0.1, 0.15) is 5.15 Å². The molecule has 2 fully saturated rings. The third kappa shape index (κ3) is 5.63. The van der Waals surface area contributed by atoms with Crippen molar-refractivity contribution in [2.45, 2.75) is 39.3 Å². The maximum absolute atomic E-state index is 12.7. The van der Waals surface area contributed by atoms with Gasteiger partial charge < -0.3 is 15.1 Å². The van der Waals surface area contributed by atoms with E-state index in [4.69, 9.17) is 11.6 Å². The van der Waals surface area contributed by atoms with Crippen LogP contribution in [0.4, 0.5) is 0 Å². The van der Waals surface area contributed by atoms with Crippen molar-refractivity contribution in [3.63, 3.8) is 0 Å². The molecule has 174 valence electrons. The second-order valence-corrected chi connectivity index (χ2v) is 8.99. The van der Waals surface area contributed by atoms with Crippen LogP contribution < -0.4 is 5.32 Å². The van der Waals surface area contributed by atoms with Crippen LogP contribution >= 0.6 is 11.6 Å². The number of hydrogen-bond acceptors (Lipinski definition) is 4. The Morgan fingerprint density at radius 3 is 2.33 bits per heavy atom. The molecule has 1 N–H and O–H groups in total. The number of nitrogens with zero attached hydrogens (tertiary/aromatic N) is 4. The number of aromatic nitrogens is 2. The van der Waals surface area contributed by atoms with Crippen LogP contribution in [0.5, 0.6) is 0 Å². The van der Waals surface area contributed by atoms with Gasteiger partial charge >= 0.3 is 11.8 Å². The Bertz CT molecular complexity index is 1080. The minimum absolute atomic E-state index is 0.144. The van der Waals surface area contributed by atoms with Crippen molar-refractivity contribution in [3.05, 3.63) is 57.9 Å². The van der Waals surface area contributed by atoms with E-state index in [9.17, 15) is 14.4 Å². The quantitative estimate of drug-likeness (QED) is 0.537. The summed E-state index contributed by atoms with van der Waals surface area (Å²) in [7, 11) is 0. The summed E-state index contributed by atoms with van der Waals surface area (Å²) in [6, 6.07) is 8.33. The average Bonchev–Trinajstić information content (AvgIpc) is 3.58. The van der Waals surface area contributed by atoms with Crippen molar-refractivity contribution in [1.82, 2.24) is 24.9 Å². The van der Waals surface area contributed by atoms with Crippen LogP contribution in [-0.2, 0) is 20.9 Å². The summed E-state index contributed by atoms with van der Waals surface area (Å²) < 4.78 is 1.72. The van der Waals surface area contributed by atoms with E-state index in [0.717, 1.165) is 24.1 Å². The van der Waals surface area contributed by atoms with E-state index in [-0.39, 0.29) is 11.9 Å². The molecule has 33 heavy (non-hydrogen) atoms. The van der Waals surface area contributed by atoms with Gasteiger partial charge in [0.15, 0.2) is 0 Å². The number of hydrogen-bond donors (Lipinski definition) is 1. The van der Waals surface area contributed by atoms with Crippen molar-refractivity contribution in [2.75, 3.05) is 26.2 Å². The highest BCUT2D eigenvalue weighted by Gasteiger charge is 2.31. The van der Waals surface area contributed by atoms with E-state index in [2.05, 4.69) is 10.4 Å². The predicted molar refractivity (Wildman–Crippen MR) is 126 cm³/mol. The van der Waals surface area contributed by atoms with Crippen molar-refractivity contribution >= 4 is 35.4 Å². The maximum atomic E-state index is 12.7. The summed E-state index contributed by atoms with van der Waals surface area (Å²) in [5, 5.41) is 7.71. The molecule has 2 aliphatic rings. The number of piperazine rings is 1. The van der Waals surface area contributed by atoms with E-state index >= 15 is 0 Å². The lowest BCUT2D eigenvalue weighted by atomic mass is 10.1. The Kier molecular flexibility index (Phi) is 6.83. The lowest BCUT2D eigenvalue weighted by molar-refractivity contribution is -0.148. The third-order valence-electron chi connectivity index (χ3n) is 5.94. The summed E-state index contributed by atoms with van der Waals surface area (Å²) in [5.41, 5.74) is 3.74. The van der Waals surface area contributed by atoms with Gasteiger partial charge in [0, 0.05) is 43.9 Å². The SMILES string of the molecule is Cc1ccc(Cn2nc(C)c(C=CC(=O)N3CCN(C(=O)C(=O)NC4CC4)CC3)c2Cl)cc1. The number of carbonyl (C=O) groups is 3. The van der Waals surface area contributed by atoms with Crippen LogP contribution in [0.2, 0.25) is 5.15 Å². The molecular formula is C24H28ClN5O3. The van der Waals surface area contributed by atoms with Gasteiger partial charge in [0.2, 0.25) is 5.91 Å². The number of nitrogens with one attached hydrogen (secondary N) is 1. The molecule has 0 radical (unpaired) electrons. The first-order valence-electron chi connectivity index (χ1n) is 11.2. The van der Waals surface area contributed by atoms with E-state index < -0.39 is 11.8 Å². The monoisotopic (exact) mass is 469 g/mol. The molecule has 1 aromatic carbocycles. The molecule has 2 aromatic rings. The van der Waals surface area contributed by atoms with E-state index in [1.54, 1.807) is 15.7 Å². The zero-order valence-corrected chi connectivity index (χ0v) is 19.6. The number of aryl methyl sites for hydroxylation is 2. The molecule has 0 atom stereocenters. The second kappa shape index (κ2) is 9.79. The molecule has 1 aliphatic carbocycles. The Hall–Kier alpha value is -3.13. The number of amides is 3. The van der Waals surface area contributed by atoms with Gasteiger partial charge in [-0.1, -0.05) is 41.4 Å². The minimum Gasteiger partial charge on any atom is -0.345 e. The normalized spacial score (nSPS) is 16.3. The molecule has 1 aromatic heterocycles. The molecule has 0 unspecified atom stereocenters. The summed E-state index contributed by atoms with van der Waals surface area (Å²) in [4.78, 5) is 40.0. The molecule has 1 saturated heterocycles. The van der Waals surface area contributed by atoms with Gasteiger partial charge in [-0.2, -0.15) is 5.10 Å². The number of benzene rings is 1. The Morgan fingerprint density at radius 2 is 1.70 bits per heavy atom. The third-order valence-corrected chi connectivity index (χ3v) is 6.34. The fourth-order valence-electron chi connectivity index (χ4n) is 3.74. The van der Waals surface area contributed by atoms with E-state index in [1.165, 1.54) is 16.5 Å². The van der Waals surface area contributed by atoms with Crippen molar-refractivity contribution in [1.29, 1.82) is 0 Å². The number of halogens is 1. The van der Waals surface area contributed by atoms with Gasteiger partial charge in [0.25, 0.3) is 0 Å². The Morgan fingerprint density at radius 1 is 1.06 bits per heavy atom. The maximum Gasteiger partial charge on any atom is 0.312 e. The lowest BCUT2D eigenvalue weighted by Crippen LogP contribution is -2.53. The van der Waals surface area contributed by atoms with Crippen LogP contribution in [0.25, 0.3) is 6.08 Å². The summed E-state index contributed by atoms with van der Waals surface area (Å²) >= 11 is 6.55. The molecule has 0 spiro atoms. The highest BCUT2D eigenvalue weighted by atomic mass is 35.5. The van der Waals surface area contributed by atoms with Crippen LogP contribution in [0, 0.1) is 13.8 Å². The predicted octanol–water partition coefficient (Wildman–Crippen LogP) is 2.16. The summed E-state index contributed by atoms with van der Waals surface area (Å²) in [5.74, 6) is -1.23. The molecule has 9 heteroatoms. The highest BCUT2D eigenvalue weighted by molar-refractivity contribution is 6.35. The first-order valence-corrected chi connectivity index (χ1v) is 11.5. The van der Waals surface area contributed by atoms with Gasteiger partial charge in [-0.15, -0.1) is 0 Å². The van der Waals surface area contributed by atoms with Crippen LogP contribution in [0.1, 0.15) is 35.2 Å². The van der Waals surface area contributed by atoms with Gasteiger partial charge in [0.05, 0.1) is 12.2 Å². The first kappa shape index (κ1) is 23.0. The standard InChI is InChI=1S/C24H28ClN5O3/c1-16-3-5-18(6-4-16)15-30-22(25)20(17(2)27-30)9-10-21(31)28-11-13-29(14-12-28)24(33)23(32)26-19-7-8-19/h3-6,9-10,19H,7-8,11-15H2,1-2H3,(H,26,32). The smallest absolute Gasteiger partial charge is 0.312 e. The fourth-order valence-corrected chi connectivity index (χ4v) is 4.03. The lowest BCUT2D eigenvalue weighted by Gasteiger charge is -2.33. The summed E-state index contributed by atoms with van der Waals surface area (Å²) in [6.07, 6.45) is 5.05. The van der Waals surface area contributed by atoms with E-state index in [0.29, 0.717) is 43.4 Å². The fraction of sp³-hybridized carbons (Fsp3) is 0.417. The first-order chi connectivity index (χ1) is 15.8. The van der Waals surface area contributed by atoms with Crippen LogP contribution in [-0.4, -0.2) is 69.5 Å². The van der Waals surface area contributed by atoms with Crippen molar-refractivity contribution in [2.24, 2.45) is 0 Å². The minimum atomic E-state index is -0.551. The Balaban J connectivity index is 1.33. The zero-order valence-electron chi connectivity index (χ0n) is 18.9. The molecule has 1 saturated carbocycles. The highest BCUT2D eigenvalue weighted by Crippen LogP contribution is 2.23. The molecule has 4 rings (SSSR count). The molecule has 3 amide bonds. The Labute approximate surface area is 198 Å². The zero-order chi connectivity index (χ0) is 23.5.